The Kier molecular flexibility index (Phi) is 3.80. The topological polar surface area (TPSA) is 54.4 Å². The highest BCUT2D eigenvalue weighted by Crippen LogP contribution is 2.40. The summed E-state index contributed by atoms with van der Waals surface area (Å²) < 4.78 is 0. The van der Waals surface area contributed by atoms with Gasteiger partial charge in [0, 0.05) is 12.8 Å². The van der Waals surface area contributed by atoms with Gasteiger partial charge < -0.3 is 5.11 Å². The average molecular weight is 246 g/mol. The molecule has 0 amide bonds. The molecule has 18 heavy (non-hydrogen) atoms. The van der Waals surface area contributed by atoms with E-state index in [0.29, 0.717) is 12.8 Å². The summed E-state index contributed by atoms with van der Waals surface area (Å²) >= 11 is 0. The second-order valence-corrected chi connectivity index (χ2v) is 4.97. The summed E-state index contributed by atoms with van der Waals surface area (Å²) in [7, 11) is 0. The fourth-order valence-electron chi connectivity index (χ4n) is 2.88. The molecular weight excluding hydrogens is 228 g/mol. The van der Waals surface area contributed by atoms with E-state index in [1.165, 1.54) is 0 Å². The van der Waals surface area contributed by atoms with Gasteiger partial charge in [-0.25, -0.2) is 0 Å². The summed E-state index contributed by atoms with van der Waals surface area (Å²) in [4.78, 5) is 23.1. The first kappa shape index (κ1) is 12.8. The molecule has 0 aliphatic heterocycles. The third kappa shape index (κ3) is 2.45. The molecule has 3 heteroatoms. The van der Waals surface area contributed by atoms with E-state index in [0.717, 1.165) is 24.8 Å². The number of Topliss-reactive ketones (excluding diaryl/α,β-unsaturated/α-hetero) is 1. The third-order valence-corrected chi connectivity index (χ3v) is 3.88. The lowest BCUT2D eigenvalue weighted by Gasteiger charge is -2.36. The van der Waals surface area contributed by atoms with Gasteiger partial charge in [0.2, 0.25) is 0 Å². The summed E-state index contributed by atoms with van der Waals surface area (Å²) in [5, 5.41) is 8.88. The average Bonchev–Trinajstić information content (AvgIpc) is 2.39. The quantitative estimate of drug-likeness (QED) is 0.888. The fourth-order valence-corrected chi connectivity index (χ4v) is 2.88. The van der Waals surface area contributed by atoms with Crippen LogP contribution >= 0.6 is 0 Å². The van der Waals surface area contributed by atoms with Crippen molar-refractivity contribution in [2.24, 2.45) is 0 Å². The van der Waals surface area contributed by atoms with Crippen LogP contribution < -0.4 is 0 Å². The Hall–Kier alpha value is -1.64. The summed E-state index contributed by atoms with van der Waals surface area (Å²) in [6.07, 6.45) is 3.77. The van der Waals surface area contributed by atoms with Gasteiger partial charge in [-0.1, -0.05) is 36.8 Å². The standard InChI is InChI=1S/C15H18O3/c16-13-8-4-5-10-15(13,11-9-14(17)18)12-6-2-1-3-7-12/h1-3,6-7H,4-5,8-11H2,(H,17,18)/t15-/m0/s1. The predicted octanol–water partition coefficient (Wildman–Crippen LogP) is 2.93. The zero-order valence-electron chi connectivity index (χ0n) is 10.4. The molecule has 1 N–H and O–H groups in total. The van der Waals surface area contributed by atoms with Gasteiger partial charge in [-0.2, -0.15) is 0 Å². The molecule has 3 nitrogen and oxygen atoms in total. The van der Waals surface area contributed by atoms with E-state index in [-0.39, 0.29) is 12.2 Å². The number of hydrogen-bond acceptors (Lipinski definition) is 2. The highest BCUT2D eigenvalue weighted by molar-refractivity contribution is 5.91. The first-order chi connectivity index (χ1) is 8.65. The number of carboxylic acid groups (broad SMARTS) is 1. The zero-order chi connectivity index (χ0) is 13.0. The molecule has 0 aromatic heterocycles. The molecule has 0 bridgehead atoms. The van der Waals surface area contributed by atoms with Crippen LogP contribution in [0.2, 0.25) is 0 Å². The van der Waals surface area contributed by atoms with Crippen molar-refractivity contribution in [2.45, 2.75) is 43.9 Å². The Balaban J connectivity index is 2.32. The van der Waals surface area contributed by atoms with Crippen molar-refractivity contribution in [1.29, 1.82) is 0 Å². The van der Waals surface area contributed by atoms with Crippen LogP contribution in [0.3, 0.4) is 0 Å². The molecule has 1 fully saturated rings. The van der Waals surface area contributed by atoms with Gasteiger partial charge in [-0.05, 0) is 24.8 Å². The van der Waals surface area contributed by atoms with E-state index in [1.807, 2.05) is 30.3 Å². The largest absolute Gasteiger partial charge is 0.481 e. The Morgan fingerprint density at radius 1 is 1.22 bits per heavy atom. The van der Waals surface area contributed by atoms with Gasteiger partial charge in [0.15, 0.2) is 0 Å². The van der Waals surface area contributed by atoms with Crippen molar-refractivity contribution in [3.05, 3.63) is 35.9 Å². The van der Waals surface area contributed by atoms with Crippen molar-refractivity contribution in [2.75, 3.05) is 0 Å². The highest BCUT2D eigenvalue weighted by atomic mass is 16.4. The number of carbonyl (C=O) groups is 2. The summed E-state index contributed by atoms with van der Waals surface area (Å²) in [6.45, 7) is 0. The summed E-state index contributed by atoms with van der Waals surface area (Å²) in [6, 6.07) is 9.65. The number of hydrogen-bond donors (Lipinski definition) is 1. The first-order valence-electron chi connectivity index (χ1n) is 6.46. The number of carbonyl (C=O) groups excluding carboxylic acids is 1. The SMILES string of the molecule is O=C(O)CC[C@]1(c2ccccc2)CCCCC1=O. The van der Waals surface area contributed by atoms with Crippen LogP contribution in [-0.4, -0.2) is 16.9 Å². The van der Waals surface area contributed by atoms with Crippen LogP contribution in [0.15, 0.2) is 30.3 Å². The third-order valence-electron chi connectivity index (χ3n) is 3.88. The second kappa shape index (κ2) is 5.34. The minimum atomic E-state index is -0.830. The molecule has 1 aliphatic rings. The van der Waals surface area contributed by atoms with Gasteiger partial charge in [0.1, 0.15) is 5.78 Å². The Bertz CT molecular complexity index is 438. The lowest BCUT2D eigenvalue weighted by molar-refractivity contribution is -0.138. The highest BCUT2D eigenvalue weighted by Gasteiger charge is 2.41. The molecule has 0 heterocycles. The van der Waals surface area contributed by atoms with Crippen LogP contribution in [-0.2, 0) is 15.0 Å². The smallest absolute Gasteiger partial charge is 0.303 e. The van der Waals surface area contributed by atoms with Crippen LogP contribution in [0.4, 0.5) is 0 Å². The molecule has 2 rings (SSSR count). The van der Waals surface area contributed by atoms with E-state index >= 15 is 0 Å². The lowest BCUT2D eigenvalue weighted by atomic mass is 9.66. The zero-order valence-corrected chi connectivity index (χ0v) is 10.4. The minimum absolute atomic E-state index is 0.0562. The minimum Gasteiger partial charge on any atom is -0.481 e. The number of benzene rings is 1. The van der Waals surface area contributed by atoms with Crippen molar-refractivity contribution in [3.8, 4) is 0 Å². The van der Waals surface area contributed by atoms with Crippen LogP contribution in [0, 0.1) is 0 Å². The van der Waals surface area contributed by atoms with Gasteiger partial charge in [0.05, 0.1) is 5.41 Å². The molecule has 1 aliphatic carbocycles. The van der Waals surface area contributed by atoms with Gasteiger partial charge in [0.25, 0.3) is 0 Å². The maximum Gasteiger partial charge on any atom is 0.303 e. The number of ketones is 1. The van der Waals surface area contributed by atoms with Crippen LogP contribution in [0.25, 0.3) is 0 Å². The fraction of sp³-hybridized carbons (Fsp3) is 0.467. The Morgan fingerprint density at radius 2 is 1.94 bits per heavy atom. The Morgan fingerprint density at radius 3 is 2.56 bits per heavy atom. The Labute approximate surface area is 107 Å². The molecule has 96 valence electrons. The molecule has 0 saturated heterocycles. The normalized spacial score (nSPS) is 23.9. The summed E-state index contributed by atoms with van der Waals surface area (Å²) in [5.74, 6) is -0.620. The van der Waals surface area contributed by atoms with Crippen molar-refractivity contribution >= 4 is 11.8 Å². The van der Waals surface area contributed by atoms with E-state index in [4.69, 9.17) is 5.11 Å². The molecular formula is C15H18O3. The predicted molar refractivity (Wildman–Crippen MR) is 68.5 cm³/mol. The number of rotatable bonds is 4. The second-order valence-electron chi connectivity index (χ2n) is 4.97. The van der Waals surface area contributed by atoms with Crippen LogP contribution in [0.5, 0.6) is 0 Å². The maximum atomic E-state index is 12.3. The van der Waals surface area contributed by atoms with Crippen molar-refractivity contribution in [1.82, 2.24) is 0 Å². The first-order valence-corrected chi connectivity index (χ1v) is 6.46. The van der Waals surface area contributed by atoms with Crippen LogP contribution in [0.1, 0.15) is 44.1 Å². The number of aliphatic carboxylic acids is 1. The molecule has 1 aromatic carbocycles. The molecule has 1 atom stereocenters. The lowest BCUT2D eigenvalue weighted by Crippen LogP contribution is -2.39. The molecule has 0 radical (unpaired) electrons. The van der Waals surface area contributed by atoms with E-state index in [9.17, 15) is 9.59 Å². The van der Waals surface area contributed by atoms with Crippen molar-refractivity contribution < 1.29 is 14.7 Å². The van der Waals surface area contributed by atoms with E-state index < -0.39 is 11.4 Å². The van der Waals surface area contributed by atoms with Gasteiger partial charge in [-0.3, -0.25) is 9.59 Å². The maximum absolute atomic E-state index is 12.3. The van der Waals surface area contributed by atoms with E-state index in [1.54, 1.807) is 0 Å². The molecule has 0 spiro atoms. The number of carboxylic acids is 1. The molecule has 0 unspecified atom stereocenters. The van der Waals surface area contributed by atoms with Gasteiger partial charge in [-0.15, -0.1) is 0 Å². The van der Waals surface area contributed by atoms with E-state index in [2.05, 4.69) is 0 Å². The van der Waals surface area contributed by atoms with Crippen molar-refractivity contribution in [3.63, 3.8) is 0 Å². The molecule has 1 aromatic rings. The monoisotopic (exact) mass is 246 g/mol. The van der Waals surface area contributed by atoms with Gasteiger partial charge >= 0.3 is 5.97 Å². The summed E-state index contributed by atoms with van der Waals surface area (Å²) in [5.41, 5.74) is 0.425. The molecule has 1 saturated carbocycles.